The van der Waals surface area contributed by atoms with E-state index in [2.05, 4.69) is 5.16 Å². The maximum absolute atomic E-state index is 6.01. The minimum atomic E-state index is 0.359. The zero-order valence-electron chi connectivity index (χ0n) is 7.62. The molecule has 0 aliphatic heterocycles. The minimum absolute atomic E-state index is 0.359. The molecule has 0 aliphatic carbocycles. The summed E-state index contributed by atoms with van der Waals surface area (Å²) >= 11 is 6.01. The molecule has 0 saturated carbocycles. The Kier molecular flexibility index (Phi) is 2.17. The van der Waals surface area contributed by atoms with Crippen LogP contribution in [-0.2, 0) is 0 Å². The van der Waals surface area contributed by atoms with Gasteiger partial charge < -0.3 is 10.3 Å². The summed E-state index contributed by atoms with van der Waals surface area (Å²) in [5, 5.41) is 4.24. The van der Waals surface area contributed by atoms with E-state index in [0.717, 1.165) is 11.1 Å². The summed E-state index contributed by atoms with van der Waals surface area (Å²) in [7, 11) is 0. The molecular weight excluding hydrogens is 200 g/mol. The fourth-order valence-electron chi connectivity index (χ4n) is 1.24. The van der Waals surface area contributed by atoms with Crippen molar-refractivity contribution < 1.29 is 4.52 Å². The summed E-state index contributed by atoms with van der Waals surface area (Å²) in [6, 6.07) is 7.35. The molecule has 0 unspecified atom stereocenters. The van der Waals surface area contributed by atoms with E-state index in [-0.39, 0.29) is 0 Å². The van der Waals surface area contributed by atoms with E-state index in [9.17, 15) is 0 Å². The molecule has 0 aliphatic rings. The highest BCUT2D eigenvalue weighted by atomic mass is 35.5. The van der Waals surface area contributed by atoms with Gasteiger partial charge in [0, 0.05) is 11.6 Å². The first-order valence-electron chi connectivity index (χ1n) is 4.15. The van der Waals surface area contributed by atoms with Crippen molar-refractivity contribution in [3.8, 4) is 11.3 Å². The predicted molar refractivity (Wildman–Crippen MR) is 56.1 cm³/mol. The van der Waals surface area contributed by atoms with E-state index in [1.807, 2.05) is 25.1 Å². The lowest BCUT2D eigenvalue weighted by atomic mass is 10.1. The molecule has 4 heteroatoms. The largest absolute Gasteiger partial charge is 0.381 e. The van der Waals surface area contributed by atoms with Gasteiger partial charge in [0.05, 0.1) is 5.02 Å². The van der Waals surface area contributed by atoms with Crippen molar-refractivity contribution in [1.29, 1.82) is 0 Å². The summed E-state index contributed by atoms with van der Waals surface area (Å²) in [5.41, 5.74) is 7.38. The Morgan fingerprint density at radius 1 is 1.36 bits per heavy atom. The molecule has 0 atom stereocenters. The van der Waals surface area contributed by atoms with Gasteiger partial charge in [-0.1, -0.05) is 28.4 Å². The molecule has 0 spiro atoms. The van der Waals surface area contributed by atoms with Gasteiger partial charge in [-0.2, -0.15) is 0 Å². The van der Waals surface area contributed by atoms with Crippen LogP contribution in [0, 0.1) is 6.92 Å². The lowest BCUT2D eigenvalue weighted by molar-refractivity contribution is 0.436. The van der Waals surface area contributed by atoms with E-state index in [0.29, 0.717) is 16.6 Å². The molecule has 1 aromatic heterocycles. The van der Waals surface area contributed by atoms with Gasteiger partial charge in [0.1, 0.15) is 0 Å². The van der Waals surface area contributed by atoms with Gasteiger partial charge in [-0.25, -0.2) is 0 Å². The van der Waals surface area contributed by atoms with Crippen molar-refractivity contribution in [3.05, 3.63) is 34.9 Å². The monoisotopic (exact) mass is 208 g/mol. The van der Waals surface area contributed by atoms with Crippen LogP contribution in [0.1, 0.15) is 5.56 Å². The van der Waals surface area contributed by atoms with Crippen molar-refractivity contribution in [2.75, 3.05) is 5.73 Å². The van der Waals surface area contributed by atoms with E-state index in [1.165, 1.54) is 0 Å². The van der Waals surface area contributed by atoms with Crippen LogP contribution >= 0.6 is 11.6 Å². The first-order chi connectivity index (χ1) is 6.66. The number of nitrogens with two attached hydrogens (primary N) is 1. The highest BCUT2D eigenvalue weighted by Gasteiger charge is 2.08. The summed E-state index contributed by atoms with van der Waals surface area (Å²) in [5.74, 6) is 0.953. The van der Waals surface area contributed by atoms with Crippen molar-refractivity contribution >= 4 is 17.4 Å². The second kappa shape index (κ2) is 3.35. The van der Waals surface area contributed by atoms with Crippen LogP contribution in [0.15, 0.2) is 28.8 Å². The fourth-order valence-corrected chi connectivity index (χ4v) is 1.45. The van der Waals surface area contributed by atoms with Gasteiger partial charge >= 0.3 is 0 Å². The Morgan fingerprint density at radius 2 is 2.14 bits per heavy atom. The number of nitrogens with zero attached hydrogens (tertiary/aromatic N) is 1. The minimum Gasteiger partial charge on any atom is -0.381 e. The molecule has 2 N–H and O–H groups in total. The SMILES string of the molecule is Cc1ccc(Cl)c(-c2cc(N)no2)c1. The van der Waals surface area contributed by atoms with Crippen LogP contribution in [0.4, 0.5) is 5.82 Å². The van der Waals surface area contributed by atoms with Crippen LogP contribution in [-0.4, -0.2) is 5.16 Å². The Bertz CT molecular complexity index is 465. The number of aromatic nitrogens is 1. The average molecular weight is 209 g/mol. The molecule has 2 aromatic rings. The summed E-state index contributed by atoms with van der Waals surface area (Å²) < 4.78 is 5.03. The van der Waals surface area contributed by atoms with Gasteiger partial charge in [0.15, 0.2) is 11.6 Å². The number of halogens is 1. The molecule has 14 heavy (non-hydrogen) atoms. The Labute approximate surface area is 86.5 Å². The Morgan fingerprint density at radius 3 is 2.79 bits per heavy atom. The topological polar surface area (TPSA) is 52.0 Å². The Hall–Kier alpha value is -1.48. The number of rotatable bonds is 1. The van der Waals surface area contributed by atoms with Crippen molar-refractivity contribution in [1.82, 2.24) is 5.16 Å². The molecule has 72 valence electrons. The highest BCUT2D eigenvalue weighted by molar-refractivity contribution is 6.33. The molecule has 0 saturated heterocycles. The highest BCUT2D eigenvalue weighted by Crippen LogP contribution is 2.29. The zero-order valence-corrected chi connectivity index (χ0v) is 8.38. The zero-order chi connectivity index (χ0) is 10.1. The summed E-state index contributed by atoms with van der Waals surface area (Å²) in [6.45, 7) is 1.99. The van der Waals surface area contributed by atoms with Gasteiger partial charge in [0.25, 0.3) is 0 Å². The van der Waals surface area contributed by atoms with Crippen LogP contribution in [0.5, 0.6) is 0 Å². The number of anilines is 1. The number of aryl methyl sites for hydroxylation is 1. The van der Waals surface area contributed by atoms with Crippen LogP contribution < -0.4 is 5.73 Å². The molecule has 1 heterocycles. The average Bonchev–Trinajstić information content (AvgIpc) is 2.56. The van der Waals surface area contributed by atoms with E-state index in [4.69, 9.17) is 21.9 Å². The van der Waals surface area contributed by atoms with Crippen molar-refractivity contribution in [3.63, 3.8) is 0 Å². The third-order valence-corrected chi connectivity index (χ3v) is 2.25. The predicted octanol–water partition coefficient (Wildman–Crippen LogP) is 2.89. The third-order valence-electron chi connectivity index (χ3n) is 1.92. The van der Waals surface area contributed by atoms with E-state index < -0.39 is 0 Å². The second-order valence-corrected chi connectivity index (χ2v) is 3.51. The second-order valence-electron chi connectivity index (χ2n) is 3.10. The van der Waals surface area contributed by atoms with Crippen molar-refractivity contribution in [2.24, 2.45) is 0 Å². The lowest BCUT2D eigenvalue weighted by Gasteiger charge is -2.00. The molecule has 0 amide bonds. The molecule has 1 aromatic carbocycles. The first kappa shape index (κ1) is 9.09. The lowest BCUT2D eigenvalue weighted by Crippen LogP contribution is -1.80. The normalized spacial score (nSPS) is 10.4. The van der Waals surface area contributed by atoms with Gasteiger partial charge in [-0.15, -0.1) is 0 Å². The maximum Gasteiger partial charge on any atom is 0.170 e. The number of hydrogen-bond acceptors (Lipinski definition) is 3. The van der Waals surface area contributed by atoms with E-state index in [1.54, 1.807) is 6.07 Å². The van der Waals surface area contributed by atoms with Gasteiger partial charge in [0.2, 0.25) is 0 Å². The smallest absolute Gasteiger partial charge is 0.170 e. The third kappa shape index (κ3) is 1.59. The first-order valence-corrected chi connectivity index (χ1v) is 4.53. The summed E-state index contributed by atoms with van der Waals surface area (Å²) in [6.07, 6.45) is 0. The number of nitrogen functional groups attached to an aromatic ring is 1. The quantitative estimate of drug-likeness (QED) is 0.784. The summed E-state index contributed by atoms with van der Waals surface area (Å²) in [4.78, 5) is 0. The van der Waals surface area contributed by atoms with Gasteiger partial charge in [-0.3, -0.25) is 0 Å². The molecular formula is C10H9ClN2O. The number of hydrogen-bond donors (Lipinski definition) is 1. The molecule has 2 rings (SSSR count). The molecule has 0 bridgehead atoms. The Balaban J connectivity index is 2.55. The molecule has 3 nitrogen and oxygen atoms in total. The number of benzene rings is 1. The van der Waals surface area contributed by atoms with Crippen LogP contribution in [0.2, 0.25) is 5.02 Å². The van der Waals surface area contributed by atoms with Gasteiger partial charge in [-0.05, 0) is 19.1 Å². The van der Waals surface area contributed by atoms with Crippen LogP contribution in [0.3, 0.4) is 0 Å². The van der Waals surface area contributed by atoms with Crippen molar-refractivity contribution in [2.45, 2.75) is 6.92 Å². The standard InChI is InChI=1S/C10H9ClN2O/c1-6-2-3-8(11)7(4-6)9-5-10(12)13-14-9/h2-5H,1H3,(H2,12,13). The fraction of sp³-hybridized carbons (Fsp3) is 0.100. The molecule has 0 radical (unpaired) electrons. The maximum atomic E-state index is 6.01. The molecule has 0 fully saturated rings. The van der Waals surface area contributed by atoms with Crippen LogP contribution in [0.25, 0.3) is 11.3 Å². The van der Waals surface area contributed by atoms with E-state index >= 15 is 0 Å².